The fourth-order valence-electron chi connectivity index (χ4n) is 3.81. The highest BCUT2D eigenvalue weighted by molar-refractivity contribution is 6.46. The molecule has 4 rings (SSSR count). The number of pyridine rings is 1. The number of carbonyl (C=O) groups excluding carboxylic acids is 2. The normalized spacial score (nSPS) is 17.4. The minimum atomic E-state index is -0.788. The lowest BCUT2D eigenvalue weighted by atomic mass is 9.95. The molecule has 1 atom stereocenters. The maximum Gasteiger partial charge on any atom is 0.295 e. The van der Waals surface area contributed by atoms with Crippen LogP contribution in [0.1, 0.15) is 22.7 Å². The van der Waals surface area contributed by atoms with Gasteiger partial charge in [0.25, 0.3) is 11.7 Å². The van der Waals surface area contributed by atoms with Gasteiger partial charge in [-0.05, 0) is 47.5 Å². The third-order valence-corrected chi connectivity index (χ3v) is 5.39. The number of methoxy groups -OCH3 is 2. The van der Waals surface area contributed by atoms with Gasteiger partial charge in [-0.3, -0.25) is 14.6 Å². The Labute approximate surface area is 185 Å². The molecule has 1 fully saturated rings. The fourth-order valence-corrected chi connectivity index (χ4v) is 3.81. The van der Waals surface area contributed by atoms with E-state index in [-0.39, 0.29) is 17.9 Å². The zero-order valence-electron chi connectivity index (χ0n) is 17.7. The number of hydrogen-bond acceptors (Lipinski definition) is 6. The summed E-state index contributed by atoms with van der Waals surface area (Å²) >= 11 is 0. The van der Waals surface area contributed by atoms with Crippen LogP contribution in [0.3, 0.4) is 0 Å². The highest BCUT2D eigenvalue weighted by Gasteiger charge is 2.46. The largest absolute Gasteiger partial charge is 0.507 e. The van der Waals surface area contributed by atoms with Gasteiger partial charge in [-0.25, -0.2) is 0 Å². The van der Waals surface area contributed by atoms with Crippen LogP contribution < -0.4 is 9.47 Å². The number of ether oxygens (including phenoxy) is 2. The lowest BCUT2D eigenvalue weighted by Crippen LogP contribution is -2.29. The molecule has 0 spiro atoms. The maximum atomic E-state index is 13.1. The van der Waals surface area contributed by atoms with Crippen LogP contribution in [-0.4, -0.2) is 40.9 Å². The molecule has 2 aromatic carbocycles. The van der Waals surface area contributed by atoms with Crippen LogP contribution in [0.25, 0.3) is 5.76 Å². The van der Waals surface area contributed by atoms with Gasteiger partial charge in [0.2, 0.25) is 0 Å². The van der Waals surface area contributed by atoms with Crippen molar-refractivity contribution in [2.75, 3.05) is 14.2 Å². The number of benzene rings is 2. The zero-order chi connectivity index (χ0) is 22.7. The Kier molecular flexibility index (Phi) is 5.89. The molecule has 1 amide bonds. The Hall–Kier alpha value is -4.13. The zero-order valence-corrected chi connectivity index (χ0v) is 17.7. The van der Waals surface area contributed by atoms with Gasteiger partial charge in [-0.15, -0.1) is 0 Å². The second kappa shape index (κ2) is 8.93. The van der Waals surface area contributed by atoms with Gasteiger partial charge in [0.05, 0.1) is 25.8 Å². The van der Waals surface area contributed by atoms with Crippen molar-refractivity contribution in [3.05, 3.63) is 95.3 Å². The highest BCUT2D eigenvalue weighted by atomic mass is 16.5. The third-order valence-electron chi connectivity index (χ3n) is 5.39. The van der Waals surface area contributed by atoms with Crippen LogP contribution in [-0.2, 0) is 16.1 Å². The molecular formula is C25H22N2O5. The Morgan fingerprint density at radius 3 is 2.31 bits per heavy atom. The molecule has 32 heavy (non-hydrogen) atoms. The lowest BCUT2D eigenvalue weighted by molar-refractivity contribution is -0.140. The van der Waals surface area contributed by atoms with E-state index in [1.165, 1.54) is 12.0 Å². The van der Waals surface area contributed by atoms with Crippen molar-refractivity contribution in [3.8, 4) is 11.5 Å². The molecule has 1 N–H and O–H groups in total. The first-order chi connectivity index (χ1) is 15.5. The summed E-state index contributed by atoms with van der Waals surface area (Å²) in [6.45, 7) is 0.184. The van der Waals surface area contributed by atoms with Gasteiger partial charge in [-0.2, -0.15) is 0 Å². The first-order valence-corrected chi connectivity index (χ1v) is 9.99. The summed E-state index contributed by atoms with van der Waals surface area (Å²) in [6.07, 6.45) is 3.26. The second-order valence-electron chi connectivity index (χ2n) is 7.29. The van der Waals surface area contributed by atoms with Crippen molar-refractivity contribution in [3.63, 3.8) is 0 Å². The number of aliphatic hydroxyl groups is 1. The summed E-state index contributed by atoms with van der Waals surface area (Å²) in [7, 11) is 3.06. The van der Waals surface area contributed by atoms with Gasteiger partial charge in [0.1, 0.15) is 17.3 Å². The number of amides is 1. The molecule has 1 unspecified atom stereocenters. The molecule has 162 valence electrons. The summed E-state index contributed by atoms with van der Waals surface area (Å²) in [5.41, 5.74) is 1.88. The number of hydrogen-bond donors (Lipinski definition) is 1. The molecule has 1 aliphatic heterocycles. The molecule has 1 aromatic heterocycles. The van der Waals surface area contributed by atoms with Crippen molar-refractivity contribution in [2.24, 2.45) is 0 Å². The van der Waals surface area contributed by atoms with Crippen molar-refractivity contribution >= 4 is 17.4 Å². The molecule has 0 saturated carbocycles. The number of aromatic nitrogens is 1. The highest BCUT2D eigenvalue weighted by Crippen LogP contribution is 2.41. The van der Waals surface area contributed by atoms with Gasteiger partial charge >= 0.3 is 0 Å². The summed E-state index contributed by atoms with van der Waals surface area (Å²) in [6, 6.07) is 16.6. The van der Waals surface area contributed by atoms with E-state index in [0.717, 1.165) is 5.56 Å². The molecule has 3 aromatic rings. The molecule has 7 nitrogen and oxygen atoms in total. The lowest BCUT2D eigenvalue weighted by Gasteiger charge is -2.25. The smallest absolute Gasteiger partial charge is 0.295 e. The average molecular weight is 430 g/mol. The number of nitrogens with zero attached hydrogens (tertiary/aromatic N) is 2. The summed E-state index contributed by atoms with van der Waals surface area (Å²) in [5.74, 6) is -0.574. The predicted octanol–water partition coefficient (Wildman–Crippen LogP) is 3.72. The van der Waals surface area contributed by atoms with Crippen molar-refractivity contribution < 1.29 is 24.2 Å². The predicted molar refractivity (Wildman–Crippen MR) is 118 cm³/mol. The number of ketones is 1. The summed E-state index contributed by atoms with van der Waals surface area (Å²) < 4.78 is 10.6. The SMILES string of the molecule is COc1cccc(/C(O)=C2/C(=O)C(=O)N(Cc3ccncc3)C2c2cccc(OC)c2)c1. The standard InChI is InChI=1S/C25H22N2O5/c1-31-19-7-3-5-17(13-19)22-21(23(28)18-6-4-8-20(14-18)32-2)24(29)25(30)27(22)15-16-9-11-26-12-10-16/h3-14,22,28H,15H2,1-2H3/b23-21-. The maximum absolute atomic E-state index is 13.1. The van der Waals surface area contributed by atoms with E-state index in [9.17, 15) is 14.7 Å². The van der Waals surface area contributed by atoms with Crippen LogP contribution >= 0.6 is 0 Å². The Morgan fingerprint density at radius 1 is 0.969 bits per heavy atom. The van der Waals surface area contributed by atoms with Gasteiger partial charge < -0.3 is 19.5 Å². The third kappa shape index (κ3) is 3.92. The van der Waals surface area contributed by atoms with Crippen molar-refractivity contribution in [2.45, 2.75) is 12.6 Å². The minimum Gasteiger partial charge on any atom is -0.507 e. The first kappa shape index (κ1) is 21.1. The van der Waals surface area contributed by atoms with E-state index in [1.807, 2.05) is 0 Å². The molecule has 2 heterocycles. The van der Waals surface area contributed by atoms with Gasteiger partial charge in [0.15, 0.2) is 0 Å². The van der Waals surface area contributed by atoms with Crippen LogP contribution in [0.2, 0.25) is 0 Å². The topological polar surface area (TPSA) is 89.0 Å². The molecule has 0 radical (unpaired) electrons. The van der Waals surface area contributed by atoms with E-state index in [2.05, 4.69) is 4.98 Å². The van der Waals surface area contributed by atoms with Crippen LogP contribution in [0.15, 0.2) is 78.6 Å². The second-order valence-corrected chi connectivity index (χ2v) is 7.29. The van der Waals surface area contributed by atoms with E-state index in [0.29, 0.717) is 22.6 Å². The molecule has 0 aliphatic carbocycles. The average Bonchev–Trinajstić information content (AvgIpc) is 3.09. The van der Waals surface area contributed by atoms with E-state index in [1.54, 1.807) is 80.2 Å². The van der Waals surface area contributed by atoms with Crippen LogP contribution in [0, 0.1) is 0 Å². The van der Waals surface area contributed by atoms with Crippen LogP contribution in [0.5, 0.6) is 11.5 Å². The van der Waals surface area contributed by atoms with E-state index >= 15 is 0 Å². The van der Waals surface area contributed by atoms with E-state index < -0.39 is 17.7 Å². The molecule has 1 aliphatic rings. The molecule has 0 bridgehead atoms. The van der Waals surface area contributed by atoms with Crippen molar-refractivity contribution in [1.29, 1.82) is 0 Å². The van der Waals surface area contributed by atoms with Gasteiger partial charge in [0, 0.05) is 24.5 Å². The monoisotopic (exact) mass is 430 g/mol. The van der Waals surface area contributed by atoms with Crippen LogP contribution in [0.4, 0.5) is 0 Å². The Bertz CT molecular complexity index is 1190. The van der Waals surface area contributed by atoms with Gasteiger partial charge in [-0.1, -0.05) is 24.3 Å². The Morgan fingerprint density at radius 2 is 1.62 bits per heavy atom. The number of carbonyl (C=O) groups is 2. The summed E-state index contributed by atoms with van der Waals surface area (Å²) in [5, 5.41) is 11.2. The molecular weight excluding hydrogens is 408 g/mol. The Balaban J connectivity index is 1.88. The summed E-state index contributed by atoms with van der Waals surface area (Å²) in [4.78, 5) is 31.7. The molecule has 1 saturated heterocycles. The molecule has 7 heteroatoms. The number of rotatable bonds is 6. The van der Waals surface area contributed by atoms with Crippen molar-refractivity contribution in [1.82, 2.24) is 9.88 Å². The quantitative estimate of drug-likeness (QED) is 0.364. The fraction of sp³-hybridized carbons (Fsp3) is 0.160. The number of Topliss-reactive ketones (excluding diaryl/α,β-unsaturated/α-hetero) is 1. The first-order valence-electron chi connectivity index (χ1n) is 9.99. The number of aliphatic hydroxyl groups excluding tert-OH is 1. The minimum absolute atomic E-state index is 0.0190. The number of likely N-dealkylation sites (tertiary alicyclic amines) is 1. The van der Waals surface area contributed by atoms with E-state index in [4.69, 9.17) is 9.47 Å².